The van der Waals surface area contributed by atoms with Crippen LogP contribution < -0.4 is 4.67 Å². The quantitative estimate of drug-likeness (QED) is 0.570. The molecule has 2 heteroatoms. The summed E-state index contributed by atoms with van der Waals surface area (Å²) in [7, 11) is 0. The monoisotopic (exact) mass is 150 g/mol. The Morgan fingerprint density at radius 2 is 2.18 bits per heavy atom. The first kappa shape index (κ1) is 7.99. The molecule has 1 aliphatic heterocycles. The van der Waals surface area contributed by atoms with Gasteiger partial charge in [-0.2, -0.15) is 0 Å². The van der Waals surface area contributed by atoms with Gasteiger partial charge in [0.15, 0.2) is 0 Å². The predicted molar refractivity (Wildman–Crippen MR) is 47.8 cm³/mol. The Kier molecular flexibility index (Phi) is 2.84. The fourth-order valence-electron chi connectivity index (χ4n) is 0.852. The van der Waals surface area contributed by atoms with Crippen molar-refractivity contribution in [3.8, 4) is 0 Å². The summed E-state index contributed by atoms with van der Waals surface area (Å²) in [5, 5.41) is 8.64. The maximum Gasteiger partial charge on any atom is 0.295 e. The summed E-state index contributed by atoms with van der Waals surface area (Å²) in [6.07, 6.45) is 8.25. The Morgan fingerprint density at radius 1 is 1.36 bits per heavy atom. The van der Waals surface area contributed by atoms with Crippen molar-refractivity contribution in [3.63, 3.8) is 0 Å². The van der Waals surface area contributed by atoms with E-state index in [9.17, 15) is 0 Å². The van der Waals surface area contributed by atoms with Crippen molar-refractivity contribution in [2.45, 2.75) is 13.3 Å². The van der Waals surface area contributed by atoms with E-state index in [1.54, 1.807) is 12.4 Å². The van der Waals surface area contributed by atoms with Crippen molar-refractivity contribution in [3.05, 3.63) is 23.3 Å². The molecule has 1 N–H and O–H groups in total. The van der Waals surface area contributed by atoms with E-state index in [1.165, 1.54) is 0 Å². The van der Waals surface area contributed by atoms with Crippen LogP contribution in [0, 0.1) is 0 Å². The molecule has 0 unspecified atom stereocenters. The molecule has 0 bridgehead atoms. The SMILES string of the molecule is CC1=CC=C(CCO)C=[N+]=C1. The second kappa shape index (κ2) is 3.91. The van der Waals surface area contributed by atoms with Crippen LogP contribution in [0.3, 0.4) is 0 Å². The third-order valence-electron chi connectivity index (χ3n) is 1.48. The Morgan fingerprint density at radius 3 is 2.91 bits per heavy atom. The minimum absolute atomic E-state index is 0.185. The molecule has 0 saturated heterocycles. The molecular formula is C9H12NO+. The Hall–Kier alpha value is -1.11. The number of aliphatic hydroxyl groups is 1. The lowest BCUT2D eigenvalue weighted by Crippen LogP contribution is -1.91. The number of aliphatic hydroxyl groups excluding tert-OH is 1. The fourth-order valence-corrected chi connectivity index (χ4v) is 0.852. The van der Waals surface area contributed by atoms with E-state index in [0.29, 0.717) is 6.42 Å². The lowest BCUT2D eigenvalue weighted by molar-refractivity contribution is 0.301. The average Bonchev–Trinajstić information content (AvgIpc) is 2.17. The molecule has 11 heavy (non-hydrogen) atoms. The number of hydrogen-bond donors (Lipinski definition) is 1. The summed E-state index contributed by atoms with van der Waals surface area (Å²) in [5.41, 5.74) is 2.20. The third-order valence-corrected chi connectivity index (χ3v) is 1.48. The highest BCUT2D eigenvalue weighted by Gasteiger charge is 2.00. The topological polar surface area (TPSA) is 34.3 Å². The minimum Gasteiger partial charge on any atom is -0.396 e. The maximum absolute atomic E-state index is 8.64. The summed E-state index contributed by atoms with van der Waals surface area (Å²) < 4.78 is 4.05. The van der Waals surface area contributed by atoms with Gasteiger partial charge in [0.05, 0.1) is 0 Å². The number of allylic oxidation sites excluding steroid dienone is 3. The summed E-state index contributed by atoms with van der Waals surface area (Å²) in [4.78, 5) is 0. The van der Waals surface area contributed by atoms with Crippen LogP contribution in [-0.2, 0) is 0 Å². The first-order valence-electron chi connectivity index (χ1n) is 3.67. The van der Waals surface area contributed by atoms with Gasteiger partial charge >= 0.3 is 0 Å². The second-order valence-corrected chi connectivity index (χ2v) is 2.53. The van der Waals surface area contributed by atoms with Gasteiger partial charge in [-0.1, -0.05) is 12.2 Å². The van der Waals surface area contributed by atoms with Gasteiger partial charge in [-0.3, -0.25) is 0 Å². The van der Waals surface area contributed by atoms with Crippen LogP contribution in [0.1, 0.15) is 13.3 Å². The van der Waals surface area contributed by atoms with Crippen LogP contribution in [0.15, 0.2) is 23.3 Å². The molecular weight excluding hydrogens is 138 g/mol. The van der Waals surface area contributed by atoms with Crippen LogP contribution in [0.4, 0.5) is 0 Å². The largest absolute Gasteiger partial charge is 0.396 e. The van der Waals surface area contributed by atoms with Crippen LogP contribution in [-0.4, -0.2) is 24.1 Å². The van der Waals surface area contributed by atoms with Crippen molar-refractivity contribution in [1.29, 1.82) is 0 Å². The third kappa shape index (κ3) is 2.54. The number of nitrogens with zero attached hydrogens (tertiary/aromatic N) is 1. The van der Waals surface area contributed by atoms with E-state index in [1.807, 2.05) is 19.1 Å². The summed E-state index contributed by atoms with van der Waals surface area (Å²) in [5.74, 6) is 0. The van der Waals surface area contributed by atoms with Gasteiger partial charge in [0.25, 0.3) is 12.4 Å². The average molecular weight is 150 g/mol. The van der Waals surface area contributed by atoms with Crippen molar-refractivity contribution in [2.75, 3.05) is 6.61 Å². The van der Waals surface area contributed by atoms with Gasteiger partial charge in [0.1, 0.15) is 0 Å². The highest BCUT2D eigenvalue weighted by atomic mass is 16.2. The first-order chi connectivity index (χ1) is 5.33. The zero-order valence-electron chi connectivity index (χ0n) is 6.62. The normalized spacial score (nSPS) is 15.8. The van der Waals surface area contributed by atoms with Crippen molar-refractivity contribution in [2.24, 2.45) is 0 Å². The molecule has 0 aromatic carbocycles. The zero-order valence-corrected chi connectivity index (χ0v) is 6.62. The smallest absolute Gasteiger partial charge is 0.295 e. The van der Waals surface area contributed by atoms with Gasteiger partial charge in [-0.25, -0.2) is 0 Å². The van der Waals surface area contributed by atoms with Gasteiger partial charge in [-0.05, 0) is 6.92 Å². The maximum atomic E-state index is 8.64. The first-order valence-corrected chi connectivity index (χ1v) is 3.67. The fraction of sp³-hybridized carbons (Fsp3) is 0.333. The van der Waals surface area contributed by atoms with Gasteiger partial charge in [-0.15, -0.1) is 4.67 Å². The molecule has 58 valence electrons. The molecule has 1 heterocycles. The molecule has 0 radical (unpaired) electrons. The molecule has 1 rings (SSSR count). The highest BCUT2D eigenvalue weighted by molar-refractivity contribution is 5.88. The highest BCUT2D eigenvalue weighted by Crippen LogP contribution is 1.99. The predicted octanol–water partition coefficient (Wildman–Crippen LogP) is 0.464. The molecule has 0 saturated carbocycles. The van der Waals surface area contributed by atoms with E-state index in [0.717, 1.165) is 11.1 Å². The zero-order chi connectivity index (χ0) is 8.10. The van der Waals surface area contributed by atoms with E-state index in [4.69, 9.17) is 5.11 Å². The van der Waals surface area contributed by atoms with E-state index in [2.05, 4.69) is 4.67 Å². The minimum atomic E-state index is 0.185. The van der Waals surface area contributed by atoms with Crippen LogP contribution in [0.25, 0.3) is 0 Å². The van der Waals surface area contributed by atoms with Crippen molar-refractivity contribution >= 4 is 12.4 Å². The van der Waals surface area contributed by atoms with Gasteiger partial charge in [0, 0.05) is 24.2 Å². The Bertz CT molecular complexity index is 255. The number of hydrogen-bond acceptors (Lipinski definition) is 1. The summed E-state index contributed by atoms with van der Waals surface area (Å²) in [6, 6.07) is 0. The van der Waals surface area contributed by atoms with Crippen molar-refractivity contribution < 1.29 is 5.11 Å². The molecule has 0 atom stereocenters. The van der Waals surface area contributed by atoms with E-state index >= 15 is 0 Å². The van der Waals surface area contributed by atoms with Crippen LogP contribution in [0.2, 0.25) is 0 Å². The van der Waals surface area contributed by atoms with Gasteiger partial charge < -0.3 is 5.11 Å². The Labute approximate surface area is 66.3 Å². The molecule has 1 aliphatic rings. The Balaban J connectivity index is 2.76. The summed E-state index contributed by atoms with van der Waals surface area (Å²) >= 11 is 0. The standard InChI is InChI=1S/C9H12NO/c1-8-2-3-9(4-5-11)7-10-6-8/h2-3,6-7,11H,4-5H2,1H3/q+1. The summed E-state index contributed by atoms with van der Waals surface area (Å²) in [6.45, 7) is 2.18. The van der Waals surface area contributed by atoms with Crippen LogP contribution >= 0.6 is 0 Å². The van der Waals surface area contributed by atoms with Gasteiger partial charge in [0.2, 0.25) is 0 Å². The molecule has 0 aromatic rings. The molecule has 0 spiro atoms. The molecule has 0 fully saturated rings. The second-order valence-electron chi connectivity index (χ2n) is 2.53. The molecule has 0 amide bonds. The molecule has 2 nitrogen and oxygen atoms in total. The van der Waals surface area contributed by atoms with Crippen LogP contribution in [0.5, 0.6) is 0 Å². The van der Waals surface area contributed by atoms with E-state index < -0.39 is 0 Å². The lowest BCUT2D eigenvalue weighted by Gasteiger charge is -1.87. The lowest BCUT2D eigenvalue weighted by atomic mass is 10.2. The van der Waals surface area contributed by atoms with Crippen molar-refractivity contribution in [1.82, 2.24) is 4.67 Å². The molecule has 0 aliphatic carbocycles. The van der Waals surface area contributed by atoms with E-state index in [-0.39, 0.29) is 6.61 Å². The molecule has 0 aromatic heterocycles. The number of rotatable bonds is 2.